The van der Waals surface area contributed by atoms with Gasteiger partial charge in [0.15, 0.2) is 17.6 Å². The van der Waals surface area contributed by atoms with E-state index in [4.69, 9.17) is 14.2 Å². The second kappa shape index (κ2) is 8.82. The van der Waals surface area contributed by atoms with Gasteiger partial charge in [0.25, 0.3) is 5.91 Å². The fourth-order valence-corrected chi connectivity index (χ4v) is 2.24. The normalized spacial score (nSPS) is 11.5. The summed E-state index contributed by atoms with van der Waals surface area (Å²) in [6.07, 6.45) is -0.00786. The monoisotopic (exact) mass is 329 g/mol. The quantitative estimate of drug-likeness (QED) is 0.808. The molecule has 1 atom stereocenters. The summed E-state index contributed by atoms with van der Waals surface area (Å²) in [5, 5.41) is 2.90. The average Bonchev–Trinajstić information content (AvgIpc) is 2.64. The van der Waals surface area contributed by atoms with Gasteiger partial charge in [-0.05, 0) is 36.2 Å². The predicted molar refractivity (Wildman–Crippen MR) is 92.5 cm³/mol. The zero-order valence-corrected chi connectivity index (χ0v) is 14.2. The van der Waals surface area contributed by atoms with Crippen LogP contribution in [0.4, 0.5) is 0 Å². The van der Waals surface area contributed by atoms with E-state index in [0.717, 1.165) is 11.3 Å². The van der Waals surface area contributed by atoms with Crippen molar-refractivity contribution in [3.8, 4) is 17.2 Å². The van der Waals surface area contributed by atoms with Gasteiger partial charge in [-0.15, -0.1) is 0 Å². The minimum Gasteiger partial charge on any atom is -0.497 e. The molecule has 0 spiro atoms. The van der Waals surface area contributed by atoms with Crippen LogP contribution in [0.5, 0.6) is 17.2 Å². The van der Waals surface area contributed by atoms with E-state index in [9.17, 15) is 4.79 Å². The van der Waals surface area contributed by atoms with Gasteiger partial charge in [-0.2, -0.15) is 0 Å². The van der Waals surface area contributed by atoms with Crippen LogP contribution in [0, 0.1) is 0 Å². The highest BCUT2D eigenvalue weighted by Crippen LogP contribution is 2.27. The minimum absolute atomic E-state index is 0.153. The summed E-state index contributed by atoms with van der Waals surface area (Å²) in [7, 11) is 3.20. The lowest BCUT2D eigenvalue weighted by atomic mass is 10.2. The van der Waals surface area contributed by atoms with E-state index < -0.39 is 6.10 Å². The first-order valence-electron chi connectivity index (χ1n) is 7.88. The number of ether oxygens (including phenoxy) is 3. The fraction of sp³-hybridized carbons (Fsp3) is 0.316. The molecule has 1 amide bonds. The van der Waals surface area contributed by atoms with Gasteiger partial charge >= 0.3 is 0 Å². The zero-order valence-electron chi connectivity index (χ0n) is 14.2. The average molecular weight is 329 g/mol. The molecular weight excluding hydrogens is 306 g/mol. The molecule has 0 aliphatic carbocycles. The second-order valence-corrected chi connectivity index (χ2v) is 5.23. The molecule has 0 aromatic heterocycles. The number of carbonyl (C=O) groups is 1. The molecule has 0 aliphatic heterocycles. The maximum Gasteiger partial charge on any atom is 0.261 e. The number of carbonyl (C=O) groups excluding carboxylic acids is 1. The summed E-state index contributed by atoms with van der Waals surface area (Å²) in [4.78, 5) is 12.4. The third kappa shape index (κ3) is 4.65. The molecule has 5 heteroatoms. The molecule has 0 unspecified atom stereocenters. The second-order valence-electron chi connectivity index (χ2n) is 5.23. The molecule has 0 aliphatic rings. The molecule has 0 heterocycles. The number of hydrogen-bond acceptors (Lipinski definition) is 4. The third-order valence-electron chi connectivity index (χ3n) is 3.63. The van der Waals surface area contributed by atoms with E-state index >= 15 is 0 Å². The zero-order chi connectivity index (χ0) is 17.4. The summed E-state index contributed by atoms with van der Waals surface area (Å²) < 4.78 is 16.2. The van der Waals surface area contributed by atoms with Gasteiger partial charge in [-0.3, -0.25) is 4.79 Å². The lowest BCUT2D eigenvalue weighted by molar-refractivity contribution is -0.128. The Kier molecular flexibility index (Phi) is 6.49. The minimum atomic E-state index is -0.570. The first-order chi connectivity index (χ1) is 11.7. The molecule has 1 N–H and O–H groups in total. The van der Waals surface area contributed by atoms with E-state index in [2.05, 4.69) is 5.32 Å². The van der Waals surface area contributed by atoms with Crippen LogP contribution in [0.3, 0.4) is 0 Å². The molecule has 2 aromatic rings. The smallest absolute Gasteiger partial charge is 0.261 e. The number of para-hydroxylation sites is 2. The van der Waals surface area contributed by atoms with Crippen molar-refractivity contribution in [2.24, 2.45) is 0 Å². The van der Waals surface area contributed by atoms with Crippen LogP contribution in [-0.2, 0) is 11.3 Å². The van der Waals surface area contributed by atoms with Crippen LogP contribution < -0.4 is 19.5 Å². The molecule has 0 saturated carbocycles. The summed E-state index contributed by atoms with van der Waals surface area (Å²) in [5.41, 5.74) is 0.997. The SMILES string of the molecule is CC[C@H](Oc1ccccc1OC)C(=O)NCc1ccc(OC)cc1. The van der Waals surface area contributed by atoms with Crippen molar-refractivity contribution in [2.75, 3.05) is 14.2 Å². The van der Waals surface area contributed by atoms with E-state index in [0.29, 0.717) is 24.5 Å². The molecule has 2 rings (SSSR count). The molecule has 0 saturated heterocycles. The molecule has 128 valence electrons. The van der Waals surface area contributed by atoms with Crippen LogP contribution in [0.1, 0.15) is 18.9 Å². The van der Waals surface area contributed by atoms with Gasteiger partial charge < -0.3 is 19.5 Å². The predicted octanol–water partition coefficient (Wildman–Crippen LogP) is 3.18. The molecule has 0 fully saturated rings. The standard InChI is InChI=1S/C19H23NO4/c1-4-16(24-18-8-6-5-7-17(18)23-3)19(21)20-13-14-9-11-15(22-2)12-10-14/h5-12,16H,4,13H2,1-3H3,(H,20,21)/t16-/m0/s1. The highest BCUT2D eigenvalue weighted by Gasteiger charge is 2.19. The summed E-state index contributed by atoms with van der Waals surface area (Å²) in [6, 6.07) is 14.9. The maximum absolute atomic E-state index is 12.4. The Balaban J connectivity index is 1.95. The largest absolute Gasteiger partial charge is 0.497 e. The van der Waals surface area contributed by atoms with Crippen molar-refractivity contribution in [1.29, 1.82) is 0 Å². The van der Waals surface area contributed by atoms with Gasteiger partial charge in [-0.25, -0.2) is 0 Å². The number of benzene rings is 2. The van der Waals surface area contributed by atoms with Crippen LogP contribution >= 0.6 is 0 Å². The van der Waals surface area contributed by atoms with Gasteiger partial charge in [-0.1, -0.05) is 31.2 Å². The molecule has 5 nitrogen and oxygen atoms in total. The Bertz CT molecular complexity index is 655. The number of amides is 1. The summed E-state index contributed by atoms with van der Waals surface area (Å²) >= 11 is 0. The van der Waals surface area contributed by atoms with Crippen molar-refractivity contribution in [3.63, 3.8) is 0 Å². The Morgan fingerprint density at radius 2 is 1.67 bits per heavy atom. The van der Waals surface area contributed by atoms with Crippen molar-refractivity contribution < 1.29 is 19.0 Å². The lowest BCUT2D eigenvalue weighted by Gasteiger charge is -2.19. The highest BCUT2D eigenvalue weighted by molar-refractivity contribution is 5.81. The Hall–Kier alpha value is -2.69. The van der Waals surface area contributed by atoms with E-state index in [1.54, 1.807) is 26.4 Å². The van der Waals surface area contributed by atoms with Gasteiger partial charge in [0, 0.05) is 6.54 Å². The van der Waals surface area contributed by atoms with Gasteiger partial charge in [0.2, 0.25) is 0 Å². The van der Waals surface area contributed by atoms with Crippen LogP contribution in [-0.4, -0.2) is 26.2 Å². The Morgan fingerprint density at radius 3 is 2.25 bits per heavy atom. The maximum atomic E-state index is 12.4. The van der Waals surface area contributed by atoms with Gasteiger partial charge in [0.1, 0.15) is 5.75 Å². The molecule has 24 heavy (non-hydrogen) atoms. The summed E-state index contributed by atoms with van der Waals surface area (Å²) in [6.45, 7) is 2.35. The van der Waals surface area contributed by atoms with E-state index in [1.807, 2.05) is 43.3 Å². The Morgan fingerprint density at radius 1 is 1.00 bits per heavy atom. The van der Waals surface area contributed by atoms with E-state index in [-0.39, 0.29) is 5.91 Å². The lowest BCUT2D eigenvalue weighted by Crippen LogP contribution is -2.37. The molecular formula is C19H23NO4. The Labute approximate surface area is 142 Å². The summed E-state index contributed by atoms with van der Waals surface area (Å²) in [5.74, 6) is 1.81. The highest BCUT2D eigenvalue weighted by atomic mass is 16.5. The number of methoxy groups -OCH3 is 2. The molecule has 0 radical (unpaired) electrons. The first-order valence-corrected chi connectivity index (χ1v) is 7.88. The van der Waals surface area contributed by atoms with Gasteiger partial charge in [0.05, 0.1) is 14.2 Å². The number of nitrogens with one attached hydrogen (secondary N) is 1. The van der Waals surface area contributed by atoms with Crippen LogP contribution in [0.15, 0.2) is 48.5 Å². The van der Waals surface area contributed by atoms with Crippen molar-refractivity contribution in [1.82, 2.24) is 5.32 Å². The molecule has 0 bridgehead atoms. The number of hydrogen-bond donors (Lipinski definition) is 1. The van der Waals surface area contributed by atoms with Crippen molar-refractivity contribution in [3.05, 3.63) is 54.1 Å². The van der Waals surface area contributed by atoms with E-state index in [1.165, 1.54) is 0 Å². The third-order valence-corrected chi connectivity index (χ3v) is 3.63. The molecule has 2 aromatic carbocycles. The van der Waals surface area contributed by atoms with Crippen molar-refractivity contribution in [2.45, 2.75) is 26.0 Å². The van der Waals surface area contributed by atoms with Crippen LogP contribution in [0.25, 0.3) is 0 Å². The van der Waals surface area contributed by atoms with Crippen molar-refractivity contribution >= 4 is 5.91 Å². The topological polar surface area (TPSA) is 56.8 Å². The fourth-order valence-electron chi connectivity index (χ4n) is 2.24. The van der Waals surface area contributed by atoms with Crippen LogP contribution in [0.2, 0.25) is 0 Å². The first kappa shape index (κ1) is 17.7. The number of rotatable bonds is 8.